The Hall–Kier alpha value is -2.89. The van der Waals surface area contributed by atoms with Gasteiger partial charge in [0.15, 0.2) is 0 Å². The van der Waals surface area contributed by atoms with Crippen molar-refractivity contribution in [3.8, 4) is 0 Å². The van der Waals surface area contributed by atoms with Crippen molar-refractivity contribution in [3.05, 3.63) is 65.0 Å². The number of nitrogens with two attached hydrogens (primary N) is 1. The summed E-state index contributed by atoms with van der Waals surface area (Å²) in [6, 6.07) is 12.2. The van der Waals surface area contributed by atoms with Crippen LogP contribution in [0.3, 0.4) is 0 Å². The summed E-state index contributed by atoms with van der Waals surface area (Å²) in [6.07, 6.45) is 0.677. The van der Waals surface area contributed by atoms with Gasteiger partial charge in [-0.15, -0.1) is 0 Å². The Morgan fingerprint density at radius 3 is 2.92 bits per heavy atom. The third-order valence-corrected chi connectivity index (χ3v) is 4.40. The first-order valence-electron chi connectivity index (χ1n) is 7.80. The lowest BCUT2D eigenvalue weighted by Crippen LogP contribution is -2.34. The van der Waals surface area contributed by atoms with Gasteiger partial charge in [0.2, 0.25) is 6.10 Å². The summed E-state index contributed by atoms with van der Waals surface area (Å²) < 4.78 is 19.0. The summed E-state index contributed by atoms with van der Waals surface area (Å²) >= 11 is 0. The molecule has 0 saturated heterocycles. The lowest BCUT2D eigenvalue weighted by molar-refractivity contribution is -0.125. The van der Waals surface area contributed by atoms with E-state index in [9.17, 15) is 9.18 Å². The number of hydrogen-bond donors (Lipinski definition) is 2. The highest BCUT2D eigenvalue weighted by atomic mass is 19.1. The number of nitrogens with one attached hydrogen (secondary N) is 1. The van der Waals surface area contributed by atoms with E-state index in [1.807, 2.05) is 18.2 Å². The number of hydrogen-bond acceptors (Lipinski definition) is 3. The van der Waals surface area contributed by atoms with Gasteiger partial charge in [-0.3, -0.25) is 4.79 Å². The molecule has 122 valence electrons. The second-order valence-corrected chi connectivity index (χ2v) is 5.94. The zero-order valence-electron chi connectivity index (χ0n) is 12.8. The summed E-state index contributed by atoms with van der Waals surface area (Å²) in [7, 11) is 0. The molecule has 0 aromatic heterocycles. The molecule has 0 spiro atoms. The number of aryl methyl sites for hydroxylation is 1. The highest BCUT2D eigenvalue weighted by molar-refractivity contribution is 5.97. The van der Waals surface area contributed by atoms with Crippen LogP contribution in [0.25, 0.3) is 0 Å². The molecular formula is C18H16FN3O2. The van der Waals surface area contributed by atoms with E-state index in [2.05, 4.69) is 10.3 Å². The molecule has 0 radical (unpaired) electrons. The SMILES string of the molecule is NC(=O)C1OC(=NC2CCc3cc(F)ccc32)Nc2ccccc21. The molecule has 1 aliphatic carbocycles. The summed E-state index contributed by atoms with van der Waals surface area (Å²) in [4.78, 5) is 16.3. The molecule has 1 aliphatic heterocycles. The molecule has 0 fully saturated rings. The maximum Gasteiger partial charge on any atom is 0.290 e. The molecule has 2 aliphatic rings. The smallest absolute Gasteiger partial charge is 0.290 e. The van der Waals surface area contributed by atoms with Gasteiger partial charge in [-0.05, 0) is 42.2 Å². The van der Waals surface area contributed by atoms with E-state index in [0.29, 0.717) is 5.56 Å². The average Bonchev–Trinajstić information content (AvgIpc) is 2.96. The molecule has 0 saturated carbocycles. The zero-order chi connectivity index (χ0) is 16.7. The molecule has 4 rings (SSSR count). The number of fused-ring (bicyclic) bond motifs is 2. The zero-order valence-corrected chi connectivity index (χ0v) is 12.8. The minimum atomic E-state index is -0.865. The Morgan fingerprint density at radius 2 is 2.08 bits per heavy atom. The van der Waals surface area contributed by atoms with Crippen molar-refractivity contribution in [2.75, 3.05) is 5.32 Å². The molecule has 2 aromatic carbocycles. The van der Waals surface area contributed by atoms with Gasteiger partial charge >= 0.3 is 0 Å². The summed E-state index contributed by atoms with van der Waals surface area (Å²) in [5.74, 6) is -0.803. The first kappa shape index (κ1) is 14.7. The van der Waals surface area contributed by atoms with E-state index < -0.39 is 12.0 Å². The van der Waals surface area contributed by atoms with Crippen LogP contribution < -0.4 is 11.1 Å². The fourth-order valence-electron chi connectivity index (χ4n) is 3.27. The van der Waals surface area contributed by atoms with Crippen LogP contribution >= 0.6 is 0 Å². The third kappa shape index (κ3) is 2.50. The molecule has 1 amide bonds. The van der Waals surface area contributed by atoms with E-state index in [4.69, 9.17) is 10.5 Å². The second kappa shape index (κ2) is 5.63. The normalized spacial score (nSPS) is 23.1. The van der Waals surface area contributed by atoms with E-state index >= 15 is 0 Å². The van der Waals surface area contributed by atoms with E-state index in [1.165, 1.54) is 6.07 Å². The van der Waals surface area contributed by atoms with Gasteiger partial charge in [0, 0.05) is 11.3 Å². The number of rotatable bonds is 2. The Labute approximate surface area is 138 Å². The molecule has 6 heteroatoms. The monoisotopic (exact) mass is 325 g/mol. The van der Waals surface area contributed by atoms with Crippen LogP contribution in [0.4, 0.5) is 10.1 Å². The maximum atomic E-state index is 13.3. The molecule has 3 N–H and O–H groups in total. The maximum absolute atomic E-state index is 13.3. The van der Waals surface area contributed by atoms with Crippen molar-refractivity contribution in [2.45, 2.75) is 25.0 Å². The van der Waals surface area contributed by atoms with Gasteiger partial charge in [-0.2, -0.15) is 0 Å². The van der Waals surface area contributed by atoms with Gasteiger partial charge in [0.1, 0.15) is 5.82 Å². The summed E-state index contributed by atoms with van der Waals surface area (Å²) in [6.45, 7) is 0. The number of para-hydroxylation sites is 1. The average molecular weight is 325 g/mol. The Morgan fingerprint density at radius 1 is 1.25 bits per heavy atom. The molecule has 2 atom stereocenters. The van der Waals surface area contributed by atoms with Crippen molar-refractivity contribution in [1.82, 2.24) is 0 Å². The van der Waals surface area contributed by atoms with Gasteiger partial charge in [0.05, 0.1) is 6.04 Å². The number of halogens is 1. The molecule has 1 heterocycles. The highest BCUT2D eigenvalue weighted by Gasteiger charge is 2.31. The van der Waals surface area contributed by atoms with Crippen molar-refractivity contribution >= 4 is 17.6 Å². The van der Waals surface area contributed by atoms with Crippen molar-refractivity contribution < 1.29 is 13.9 Å². The Balaban J connectivity index is 1.67. The molecule has 24 heavy (non-hydrogen) atoms. The van der Waals surface area contributed by atoms with Crippen molar-refractivity contribution in [3.63, 3.8) is 0 Å². The van der Waals surface area contributed by atoms with Gasteiger partial charge in [-0.25, -0.2) is 9.38 Å². The fraction of sp³-hybridized carbons (Fsp3) is 0.222. The first-order valence-corrected chi connectivity index (χ1v) is 7.80. The highest BCUT2D eigenvalue weighted by Crippen LogP contribution is 2.36. The second-order valence-electron chi connectivity index (χ2n) is 5.94. The summed E-state index contributed by atoms with van der Waals surface area (Å²) in [5.41, 5.74) is 8.86. The third-order valence-electron chi connectivity index (χ3n) is 4.40. The van der Waals surface area contributed by atoms with Crippen LogP contribution in [0.2, 0.25) is 0 Å². The van der Waals surface area contributed by atoms with Crippen molar-refractivity contribution in [2.24, 2.45) is 10.7 Å². The Kier molecular flexibility index (Phi) is 3.45. The van der Waals surface area contributed by atoms with Crippen LogP contribution in [0.15, 0.2) is 47.5 Å². The number of carbonyl (C=O) groups excluding carboxylic acids is 1. The number of nitrogens with zero attached hydrogens (tertiary/aromatic N) is 1. The van der Waals surface area contributed by atoms with E-state index in [0.717, 1.165) is 29.7 Å². The number of benzene rings is 2. The molecular weight excluding hydrogens is 309 g/mol. The largest absolute Gasteiger partial charge is 0.447 e. The van der Waals surface area contributed by atoms with Gasteiger partial charge in [0.25, 0.3) is 11.9 Å². The standard InChI is InChI=1S/C18H16FN3O2/c19-11-6-7-12-10(9-11)5-8-15(12)22-18-21-14-4-2-1-3-13(14)16(24-18)17(20)23/h1-4,6-7,9,15-16H,5,8H2,(H2,20,23)(H,21,22). The van der Waals surface area contributed by atoms with Crippen LogP contribution in [0, 0.1) is 5.82 Å². The van der Waals surface area contributed by atoms with Crippen LogP contribution in [-0.4, -0.2) is 11.9 Å². The number of ether oxygens (including phenoxy) is 1. The molecule has 0 bridgehead atoms. The lowest BCUT2D eigenvalue weighted by Gasteiger charge is -2.27. The van der Waals surface area contributed by atoms with Crippen LogP contribution in [0.1, 0.15) is 35.3 Å². The molecule has 2 aromatic rings. The lowest BCUT2D eigenvalue weighted by atomic mass is 10.1. The Bertz CT molecular complexity index is 850. The number of amides is 1. The predicted octanol–water partition coefficient (Wildman–Crippen LogP) is 2.84. The van der Waals surface area contributed by atoms with E-state index in [-0.39, 0.29) is 17.9 Å². The van der Waals surface area contributed by atoms with Crippen molar-refractivity contribution in [1.29, 1.82) is 0 Å². The van der Waals surface area contributed by atoms with Gasteiger partial charge in [-0.1, -0.05) is 24.3 Å². The predicted molar refractivity (Wildman–Crippen MR) is 88.0 cm³/mol. The minimum absolute atomic E-state index is 0.123. The fourth-order valence-corrected chi connectivity index (χ4v) is 3.27. The first-order chi connectivity index (χ1) is 11.6. The number of amidine groups is 1. The topological polar surface area (TPSA) is 76.7 Å². The van der Waals surface area contributed by atoms with Crippen LogP contribution in [0.5, 0.6) is 0 Å². The minimum Gasteiger partial charge on any atom is -0.447 e. The number of primary amides is 1. The van der Waals surface area contributed by atoms with E-state index in [1.54, 1.807) is 18.2 Å². The molecule has 2 unspecified atom stereocenters. The number of aliphatic imine (C=N–C) groups is 1. The quantitative estimate of drug-likeness (QED) is 0.891. The molecule has 5 nitrogen and oxygen atoms in total. The van der Waals surface area contributed by atoms with Crippen LogP contribution in [-0.2, 0) is 16.0 Å². The number of carbonyl (C=O) groups is 1. The number of anilines is 1. The summed E-state index contributed by atoms with van der Waals surface area (Å²) in [5, 5.41) is 3.10. The van der Waals surface area contributed by atoms with Gasteiger partial charge < -0.3 is 15.8 Å².